The average Bonchev–Trinajstić information content (AvgIpc) is 4.09. The molecule has 4 N–H and O–H groups in total. The lowest BCUT2D eigenvalue weighted by atomic mass is 10.0. The molecule has 0 unspecified atom stereocenters. The van der Waals surface area contributed by atoms with Gasteiger partial charge in [0.15, 0.2) is 0 Å². The van der Waals surface area contributed by atoms with Crippen molar-refractivity contribution in [1.82, 2.24) is 40.4 Å². The van der Waals surface area contributed by atoms with Gasteiger partial charge >= 0.3 is 12.2 Å². The average molecular weight is 883 g/mol. The van der Waals surface area contributed by atoms with Gasteiger partial charge in [0.25, 0.3) is 0 Å². The Balaban J connectivity index is 1.09. The minimum absolute atomic E-state index is 0.119. The normalized spacial score (nSPS) is 21.0. The van der Waals surface area contributed by atoms with E-state index in [1.807, 2.05) is 38.8 Å². The van der Waals surface area contributed by atoms with Crippen LogP contribution >= 0.6 is 0 Å². The van der Waals surface area contributed by atoms with E-state index < -0.39 is 32.3 Å². The van der Waals surface area contributed by atoms with Gasteiger partial charge in [-0.25, -0.2) is 19.6 Å². The van der Waals surface area contributed by atoms with Crippen LogP contribution in [0, 0.1) is 11.8 Å². The van der Waals surface area contributed by atoms with Gasteiger partial charge in [-0.15, -0.1) is 0 Å². The fourth-order valence-corrected chi connectivity index (χ4v) is 11.8. The van der Waals surface area contributed by atoms with Gasteiger partial charge in [0, 0.05) is 37.9 Å². The number of rotatable bonds is 10. The third-order valence-electron chi connectivity index (χ3n) is 12.3. The van der Waals surface area contributed by atoms with E-state index in [4.69, 9.17) is 28.9 Å². The van der Waals surface area contributed by atoms with Crippen LogP contribution in [-0.4, -0.2) is 120 Å². The molecule has 4 amide bonds. The van der Waals surface area contributed by atoms with Crippen LogP contribution in [0.15, 0.2) is 54.7 Å². The summed E-state index contributed by atoms with van der Waals surface area (Å²) in [6.45, 7) is 14.1. The second-order valence-electron chi connectivity index (χ2n) is 18.3. The van der Waals surface area contributed by atoms with Crippen LogP contribution in [-0.2, 0) is 35.1 Å². The van der Waals surface area contributed by atoms with Crippen molar-refractivity contribution in [3.05, 3.63) is 72.1 Å². The molecule has 2 saturated heterocycles. The second kappa shape index (κ2) is 19.5. The van der Waals surface area contributed by atoms with E-state index in [1.54, 1.807) is 4.90 Å². The van der Waals surface area contributed by atoms with Crippen molar-refractivity contribution in [3.63, 3.8) is 0 Å². The number of methoxy groups -OCH3 is 2. The first-order chi connectivity index (χ1) is 30.2. The van der Waals surface area contributed by atoms with Crippen LogP contribution in [0.1, 0.15) is 76.4 Å². The number of aromatic nitrogens is 4. The first-order valence-corrected chi connectivity index (χ1v) is 25.4. The van der Waals surface area contributed by atoms with E-state index >= 15 is 0 Å². The fourth-order valence-electron chi connectivity index (χ4n) is 8.90. The summed E-state index contributed by atoms with van der Waals surface area (Å²) >= 11 is 0. The predicted molar refractivity (Wildman–Crippen MR) is 240 cm³/mol. The quantitative estimate of drug-likeness (QED) is 0.121. The number of hydrogen-bond donors (Lipinski definition) is 4. The highest BCUT2D eigenvalue weighted by Gasteiger charge is 2.46. The molecule has 0 saturated carbocycles. The number of fused-ring (bicyclic) bond motifs is 5. The maximum atomic E-state index is 14.1. The Kier molecular flexibility index (Phi) is 14.1. The fraction of sp³-hybridized carbons (Fsp3) is 0.522. The van der Waals surface area contributed by atoms with Crippen molar-refractivity contribution in [3.8, 4) is 33.6 Å². The highest BCUT2D eigenvalue weighted by molar-refractivity contribution is 6.78. The van der Waals surface area contributed by atoms with E-state index in [2.05, 4.69) is 82.2 Å². The molecule has 0 radical (unpaired) electrons. The van der Waals surface area contributed by atoms with E-state index in [1.165, 1.54) is 14.2 Å². The van der Waals surface area contributed by atoms with Gasteiger partial charge in [-0.3, -0.25) is 9.59 Å². The van der Waals surface area contributed by atoms with Gasteiger partial charge in [0.05, 0.1) is 70.4 Å². The van der Waals surface area contributed by atoms with Crippen LogP contribution in [0.3, 0.4) is 0 Å². The number of carbonyl (C=O) groups excluding carboxylic acids is 4. The van der Waals surface area contributed by atoms with Gasteiger partial charge in [0.2, 0.25) is 11.8 Å². The minimum Gasteiger partial charge on any atom is -0.453 e. The number of alkyl carbamates (subject to hydrolysis) is 2. The molecule has 16 nitrogen and oxygen atoms in total. The zero-order chi connectivity index (χ0) is 45.0. The van der Waals surface area contributed by atoms with Crippen molar-refractivity contribution in [2.45, 2.75) is 103 Å². The molecular formula is C46H62N8O8Si. The molecule has 0 spiro atoms. The van der Waals surface area contributed by atoms with Crippen molar-refractivity contribution in [1.29, 1.82) is 0 Å². The first kappa shape index (κ1) is 45.5. The van der Waals surface area contributed by atoms with Crippen LogP contribution < -0.4 is 10.6 Å². The summed E-state index contributed by atoms with van der Waals surface area (Å²) in [7, 11) is 0.821. The van der Waals surface area contributed by atoms with E-state index in [0.29, 0.717) is 44.8 Å². The molecule has 338 valence electrons. The largest absolute Gasteiger partial charge is 0.453 e. The lowest BCUT2D eigenvalue weighted by Gasteiger charge is -2.30. The Hall–Kier alpha value is -5.52. The summed E-state index contributed by atoms with van der Waals surface area (Å²) in [4.78, 5) is 73.0. The molecule has 5 heterocycles. The number of aromatic amines is 2. The number of benzene rings is 2. The van der Waals surface area contributed by atoms with Crippen LogP contribution in [0.2, 0.25) is 19.1 Å². The SMILES string of the molecule is COC(=O)N[C@H](C(=O)N1C[C@@H]2C[C@H]1c1nc(-c3ccc(-c4ccc(-c5cnc([C@@H]6C[Si](C)(C)CN6C(=O)[C@H](NC(=O)OC)C(C)C)[nH]5)cc4)cc3)c([nH]1)COCCCCO2)C(C)C. The van der Waals surface area contributed by atoms with Crippen molar-refractivity contribution in [2.24, 2.45) is 11.8 Å². The van der Waals surface area contributed by atoms with Crippen molar-refractivity contribution >= 4 is 32.1 Å². The molecule has 17 heteroatoms. The van der Waals surface area contributed by atoms with Gasteiger partial charge in [-0.2, -0.15) is 0 Å². The number of H-pyrrole nitrogens is 2. The van der Waals surface area contributed by atoms with E-state index in [9.17, 15) is 19.2 Å². The Morgan fingerprint density at radius 1 is 0.762 bits per heavy atom. The standard InChI is InChI=1S/C46H62N8O8Si/c1-27(2)38(51-45(57)59-5)43(55)53-23-33-21-36(53)42-49-35(24-61-19-9-10-20-62-33)40(50-42)32-17-13-30(14-18-32)29-11-15-31(16-12-29)34-22-47-41(48-34)37-25-63(7,8)26-54(37)44(56)39(28(3)4)52-46(58)60-6/h11-18,22,27-28,33,36-39H,9-10,19-21,23-26H2,1-8H3,(H,47,48)(H,49,50)(H,51,57)(H,52,58)/t33-,36-,37-,38-,39+/m0/s1. The second-order valence-corrected chi connectivity index (χ2v) is 23.4. The van der Waals surface area contributed by atoms with Crippen LogP contribution in [0.4, 0.5) is 9.59 Å². The van der Waals surface area contributed by atoms with E-state index in [-0.39, 0.29) is 41.8 Å². The lowest BCUT2D eigenvalue weighted by molar-refractivity contribution is -0.136. The number of amides is 4. The predicted octanol–water partition coefficient (Wildman–Crippen LogP) is 6.99. The number of carbonyl (C=O) groups is 4. The maximum Gasteiger partial charge on any atom is 0.407 e. The highest BCUT2D eigenvalue weighted by atomic mass is 28.3. The molecule has 3 aliphatic heterocycles. The van der Waals surface area contributed by atoms with Crippen molar-refractivity contribution in [2.75, 3.05) is 40.1 Å². The molecule has 4 bridgehead atoms. The summed E-state index contributed by atoms with van der Waals surface area (Å²) < 4.78 is 22.0. The van der Waals surface area contributed by atoms with Gasteiger partial charge in [0.1, 0.15) is 23.7 Å². The number of nitrogens with one attached hydrogen (secondary N) is 4. The minimum atomic E-state index is -1.76. The zero-order valence-electron chi connectivity index (χ0n) is 37.7. The molecule has 2 aromatic carbocycles. The number of imidazole rings is 2. The molecule has 5 atom stereocenters. The molecule has 0 aliphatic carbocycles. The molecular weight excluding hydrogens is 821 g/mol. The Labute approximate surface area is 370 Å². The van der Waals surface area contributed by atoms with Crippen molar-refractivity contribution < 1.29 is 38.1 Å². The Morgan fingerprint density at radius 2 is 1.33 bits per heavy atom. The van der Waals surface area contributed by atoms with Gasteiger partial charge in [-0.05, 0) is 47.4 Å². The summed E-state index contributed by atoms with van der Waals surface area (Å²) in [6.07, 6.45) is 3.31. The highest BCUT2D eigenvalue weighted by Crippen LogP contribution is 2.39. The number of ether oxygens (including phenoxy) is 4. The first-order valence-electron chi connectivity index (χ1n) is 22.0. The monoisotopic (exact) mass is 882 g/mol. The van der Waals surface area contributed by atoms with Gasteiger partial charge < -0.3 is 49.3 Å². The summed E-state index contributed by atoms with van der Waals surface area (Å²) in [5.41, 5.74) is 6.40. The number of hydrogen-bond acceptors (Lipinski definition) is 10. The molecule has 2 fully saturated rings. The Bertz CT molecular complexity index is 2240. The Morgan fingerprint density at radius 3 is 1.94 bits per heavy atom. The topological polar surface area (TPSA) is 193 Å². The molecule has 7 rings (SSSR count). The van der Waals surface area contributed by atoms with Crippen LogP contribution in [0.5, 0.6) is 0 Å². The summed E-state index contributed by atoms with van der Waals surface area (Å²) in [5, 5.41) is 5.48. The number of likely N-dealkylation sites (tertiary alicyclic amines) is 1. The van der Waals surface area contributed by atoms with E-state index in [0.717, 1.165) is 64.0 Å². The number of nitrogens with zero attached hydrogens (tertiary/aromatic N) is 4. The smallest absolute Gasteiger partial charge is 0.407 e. The molecule has 3 aliphatic rings. The lowest BCUT2D eigenvalue weighted by Crippen LogP contribution is -2.52. The van der Waals surface area contributed by atoms with Gasteiger partial charge in [-0.1, -0.05) is 89.3 Å². The zero-order valence-corrected chi connectivity index (χ0v) is 38.7. The molecule has 4 aromatic rings. The molecule has 63 heavy (non-hydrogen) atoms. The third-order valence-corrected chi connectivity index (χ3v) is 15.0. The maximum absolute atomic E-state index is 14.1. The summed E-state index contributed by atoms with van der Waals surface area (Å²) in [5.74, 6) is 0.769. The summed E-state index contributed by atoms with van der Waals surface area (Å²) in [6, 6.07) is 15.3. The molecule has 2 aromatic heterocycles. The third kappa shape index (κ3) is 10.3. The van der Waals surface area contributed by atoms with Crippen LogP contribution in [0.25, 0.3) is 33.6 Å².